The molecule has 1 atom stereocenters. The molecule has 1 unspecified atom stereocenters. The Bertz CT molecular complexity index is 627. The van der Waals surface area contributed by atoms with Crippen molar-refractivity contribution < 1.29 is 19.1 Å². The van der Waals surface area contributed by atoms with E-state index in [1.54, 1.807) is 13.8 Å². The van der Waals surface area contributed by atoms with Gasteiger partial charge in [-0.1, -0.05) is 0 Å². The van der Waals surface area contributed by atoms with Crippen LogP contribution in [0.1, 0.15) is 20.3 Å². The fourth-order valence-corrected chi connectivity index (χ4v) is 2.82. The fourth-order valence-electron chi connectivity index (χ4n) is 2.82. The molecule has 2 saturated heterocycles. The number of amides is 1. The van der Waals surface area contributed by atoms with Crippen LogP contribution in [0, 0.1) is 0 Å². The number of primary amides is 1. The van der Waals surface area contributed by atoms with Gasteiger partial charge in [0, 0.05) is 43.7 Å². The maximum atomic E-state index is 12.8. The van der Waals surface area contributed by atoms with E-state index in [0.717, 1.165) is 26.2 Å². The van der Waals surface area contributed by atoms with E-state index in [9.17, 15) is 14.4 Å². The van der Waals surface area contributed by atoms with Crippen molar-refractivity contribution in [2.45, 2.75) is 26.4 Å². The van der Waals surface area contributed by atoms with Crippen molar-refractivity contribution in [3.63, 3.8) is 0 Å². The van der Waals surface area contributed by atoms with Crippen molar-refractivity contribution in [2.24, 2.45) is 5.73 Å². The van der Waals surface area contributed by atoms with Crippen LogP contribution in [-0.4, -0.2) is 59.7 Å². The number of ether oxygens (including phenoxy) is 1. The third kappa shape index (κ3) is 2.58. The summed E-state index contributed by atoms with van der Waals surface area (Å²) in [7, 11) is 0. The lowest BCUT2D eigenvalue weighted by molar-refractivity contribution is -0.118. The first-order valence-corrected chi connectivity index (χ1v) is 7.39. The quantitative estimate of drug-likeness (QED) is 0.575. The van der Waals surface area contributed by atoms with Crippen LogP contribution < -0.4 is 5.73 Å². The molecule has 118 valence electrons. The number of nitrogens with two attached hydrogens (primary N) is 1. The Morgan fingerprint density at radius 3 is 2.18 bits per heavy atom. The number of carbonyl (C=O) groups is 3. The molecule has 2 heterocycles. The summed E-state index contributed by atoms with van der Waals surface area (Å²) < 4.78 is 4.92. The Morgan fingerprint density at radius 1 is 1.14 bits per heavy atom. The molecular formula is C15H19N3O4. The smallest absolute Gasteiger partial charge is 0.404 e. The second-order valence-corrected chi connectivity index (χ2v) is 5.88. The lowest BCUT2D eigenvalue weighted by atomic mass is 9.88. The summed E-state index contributed by atoms with van der Waals surface area (Å²) in [6.07, 6.45) is -1.23. The van der Waals surface area contributed by atoms with Crippen LogP contribution in [0.5, 0.6) is 0 Å². The molecule has 3 aliphatic rings. The maximum Gasteiger partial charge on any atom is 0.404 e. The first kappa shape index (κ1) is 14.6. The van der Waals surface area contributed by atoms with Crippen molar-refractivity contribution in [3.8, 4) is 0 Å². The average molecular weight is 305 g/mol. The highest BCUT2D eigenvalue weighted by molar-refractivity contribution is 6.24. The predicted octanol–water partition coefficient (Wildman–Crippen LogP) is 0.171. The topological polar surface area (TPSA) is 92.5 Å². The molecule has 2 N–H and O–H groups in total. The van der Waals surface area contributed by atoms with Crippen LogP contribution in [0.2, 0.25) is 0 Å². The third-order valence-corrected chi connectivity index (χ3v) is 4.02. The first-order chi connectivity index (χ1) is 10.4. The maximum absolute atomic E-state index is 12.8. The van der Waals surface area contributed by atoms with E-state index in [2.05, 4.69) is 0 Å². The van der Waals surface area contributed by atoms with Gasteiger partial charge in [-0.25, -0.2) is 4.79 Å². The van der Waals surface area contributed by atoms with Gasteiger partial charge < -0.3 is 20.3 Å². The summed E-state index contributed by atoms with van der Waals surface area (Å²) in [5.41, 5.74) is 6.93. The van der Waals surface area contributed by atoms with Gasteiger partial charge in [0.25, 0.3) is 0 Å². The standard InChI is InChI=1S/C15H19N3O4/c1-8(22-15(16)21)7-10-12(18-5-6-18)13(19)9(2)11(14(10)20)17-3-4-17/h8H,3-7H2,1-2H3,(H2,16,21). The van der Waals surface area contributed by atoms with Gasteiger partial charge in [-0.3, -0.25) is 9.59 Å². The van der Waals surface area contributed by atoms with E-state index in [1.165, 1.54) is 0 Å². The predicted molar refractivity (Wildman–Crippen MR) is 77.6 cm³/mol. The van der Waals surface area contributed by atoms with Gasteiger partial charge in [0.05, 0.1) is 11.4 Å². The fraction of sp³-hybridized carbons (Fsp3) is 0.533. The molecule has 0 spiro atoms. The minimum atomic E-state index is -0.881. The summed E-state index contributed by atoms with van der Waals surface area (Å²) in [6, 6.07) is 0. The number of rotatable bonds is 5. The van der Waals surface area contributed by atoms with Crippen molar-refractivity contribution in [2.75, 3.05) is 26.2 Å². The Labute approximate surface area is 128 Å². The second-order valence-electron chi connectivity index (χ2n) is 5.88. The molecule has 1 amide bonds. The van der Waals surface area contributed by atoms with E-state index >= 15 is 0 Å². The van der Waals surface area contributed by atoms with E-state index in [1.807, 2.05) is 9.80 Å². The molecule has 0 saturated carbocycles. The van der Waals surface area contributed by atoms with Crippen LogP contribution in [0.15, 0.2) is 22.5 Å². The Balaban J connectivity index is 1.93. The van der Waals surface area contributed by atoms with Gasteiger partial charge in [-0.2, -0.15) is 0 Å². The number of carbonyl (C=O) groups excluding carboxylic acids is 3. The summed E-state index contributed by atoms with van der Waals surface area (Å²) in [4.78, 5) is 40.1. The molecule has 0 bridgehead atoms. The SMILES string of the molecule is CC1=C(N2CC2)C(=O)C(CC(C)OC(N)=O)=C(N2CC2)C1=O. The van der Waals surface area contributed by atoms with Gasteiger partial charge in [-0.15, -0.1) is 0 Å². The second kappa shape index (κ2) is 5.15. The average Bonchev–Trinajstić information content (AvgIpc) is 3.27. The lowest BCUT2D eigenvalue weighted by Crippen LogP contribution is -2.32. The number of nitrogens with zero attached hydrogens (tertiary/aromatic N) is 2. The highest BCUT2D eigenvalue weighted by Crippen LogP contribution is 2.35. The molecule has 2 fully saturated rings. The lowest BCUT2D eigenvalue weighted by Gasteiger charge is -2.25. The summed E-state index contributed by atoms with van der Waals surface area (Å²) >= 11 is 0. The minimum absolute atomic E-state index is 0.0970. The first-order valence-electron chi connectivity index (χ1n) is 7.39. The van der Waals surface area contributed by atoms with Crippen molar-refractivity contribution in [1.29, 1.82) is 0 Å². The van der Waals surface area contributed by atoms with Gasteiger partial charge in [0.1, 0.15) is 6.10 Å². The number of hydrogen-bond donors (Lipinski definition) is 1. The van der Waals surface area contributed by atoms with Gasteiger partial charge in [0.15, 0.2) is 0 Å². The highest BCUT2D eigenvalue weighted by atomic mass is 16.6. The summed E-state index contributed by atoms with van der Waals surface area (Å²) in [5, 5.41) is 0. The van der Waals surface area contributed by atoms with Crippen LogP contribution in [-0.2, 0) is 14.3 Å². The molecule has 2 aliphatic heterocycles. The minimum Gasteiger partial charge on any atom is -0.446 e. The molecule has 1 aliphatic carbocycles. The number of Topliss-reactive ketones (excluding diaryl/α,β-unsaturated/α-hetero) is 2. The van der Waals surface area contributed by atoms with Gasteiger partial charge >= 0.3 is 6.09 Å². The molecular weight excluding hydrogens is 286 g/mol. The molecule has 0 aromatic carbocycles. The number of allylic oxidation sites excluding steroid dienone is 2. The molecule has 22 heavy (non-hydrogen) atoms. The third-order valence-electron chi connectivity index (χ3n) is 4.02. The molecule has 0 radical (unpaired) electrons. The van der Waals surface area contributed by atoms with Crippen LogP contribution in [0.4, 0.5) is 4.79 Å². The summed E-state index contributed by atoms with van der Waals surface area (Å²) in [6.45, 7) is 6.51. The van der Waals surface area contributed by atoms with Crippen LogP contribution in [0.3, 0.4) is 0 Å². The van der Waals surface area contributed by atoms with E-state index in [4.69, 9.17) is 10.5 Å². The monoisotopic (exact) mass is 305 g/mol. The number of ketones is 2. The molecule has 7 nitrogen and oxygen atoms in total. The zero-order chi connectivity index (χ0) is 16.0. The Morgan fingerprint density at radius 2 is 1.68 bits per heavy atom. The van der Waals surface area contributed by atoms with E-state index in [0.29, 0.717) is 22.5 Å². The zero-order valence-corrected chi connectivity index (χ0v) is 12.7. The number of hydrogen-bond acceptors (Lipinski definition) is 6. The largest absolute Gasteiger partial charge is 0.446 e. The Kier molecular flexibility index (Phi) is 3.42. The molecule has 3 rings (SSSR count). The molecule has 0 aromatic heterocycles. The van der Waals surface area contributed by atoms with Crippen molar-refractivity contribution in [1.82, 2.24) is 9.80 Å². The molecule has 0 aromatic rings. The summed E-state index contributed by atoms with van der Waals surface area (Å²) in [5.74, 6) is -0.225. The van der Waals surface area contributed by atoms with E-state index in [-0.39, 0.29) is 18.0 Å². The van der Waals surface area contributed by atoms with Crippen molar-refractivity contribution >= 4 is 17.7 Å². The van der Waals surface area contributed by atoms with Crippen LogP contribution >= 0.6 is 0 Å². The zero-order valence-electron chi connectivity index (χ0n) is 12.7. The highest BCUT2D eigenvalue weighted by Gasteiger charge is 2.42. The Hall–Kier alpha value is -2.31. The molecule has 7 heteroatoms. The van der Waals surface area contributed by atoms with Gasteiger partial charge in [0.2, 0.25) is 11.6 Å². The van der Waals surface area contributed by atoms with Crippen molar-refractivity contribution in [3.05, 3.63) is 22.5 Å². The van der Waals surface area contributed by atoms with Gasteiger partial charge in [-0.05, 0) is 13.8 Å². The van der Waals surface area contributed by atoms with Crippen LogP contribution in [0.25, 0.3) is 0 Å². The van der Waals surface area contributed by atoms with E-state index < -0.39 is 12.2 Å². The normalized spacial score (nSPS) is 22.3.